The Bertz CT molecular complexity index is 857. The Morgan fingerprint density at radius 3 is 1.86 bits per heavy atom. The topological polar surface area (TPSA) is 67.5 Å². The van der Waals surface area contributed by atoms with Gasteiger partial charge in [0.05, 0.1) is 9.83 Å². The van der Waals surface area contributed by atoms with E-state index < -0.39 is 62.3 Å². The fourth-order valence-corrected chi connectivity index (χ4v) is 3.29. The molecule has 29 heavy (non-hydrogen) atoms. The molecular weight excluding hydrogens is 452 g/mol. The number of nitro groups is 1. The number of nitro benzene ring substituents is 1. The van der Waals surface area contributed by atoms with Gasteiger partial charge < -0.3 is 5.32 Å². The van der Waals surface area contributed by atoms with Crippen LogP contribution in [0.4, 0.5) is 55.3 Å². The van der Waals surface area contributed by atoms with Crippen LogP contribution >= 0.6 is 11.8 Å². The van der Waals surface area contributed by atoms with Gasteiger partial charge in [-0.2, -0.15) is 39.5 Å². The van der Waals surface area contributed by atoms with Crippen molar-refractivity contribution in [3.63, 3.8) is 0 Å². The zero-order chi connectivity index (χ0) is 22.4. The van der Waals surface area contributed by atoms with Crippen LogP contribution in [0.2, 0.25) is 0 Å². The molecule has 0 aliphatic carbocycles. The molecule has 0 amide bonds. The largest absolute Gasteiger partial charge is 0.443 e. The Kier molecular flexibility index (Phi) is 5.55. The van der Waals surface area contributed by atoms with E-state index in [2.05, 4.69) is 4.99 Å². The lowest BCUT2D eigenvalue weighted by Gasteiger charge is -2.31. The fraction of sp³-hybridized carbons (Fsp3) is 0.308. The number of alkyl halides is 9. The maximum atomic E-state index is 13.6. The zero-order valence-corrected chi connectivity index (χ0v) is 14.0. The molecule has 1 heterocycles. The first-order valence-corrected chi connectivity index (χ1v) is 7.72. The molecular formula is C13H5F10N3O2S. The quantitative estimate of drug-likeness (QED) is 0.351. The number of hydrogen-bond acceptors (Lipinski definition) is 5. The highest BCUT2D eigenvalue weighted by molar-refractivity contribution is 8.17. The first-order valence-electron chi connectivity index (χ1n) is 6.91. The summed E-state index contributed by atoms with van der Waals surface area (Å²) in [5, 5.41) is 11.0. The smallest absolute Gasteiger partial charge is 0.335 e. The second-order valence-electron chi connectivity index (χ2n) is 5.29. The summed E-state index contributed by atoms with van der Waals surface area (Å²) in [5.41, 5.74) is -6.30. The Morgan fingerprint density at radius 2 is 1.48 bits per heavy atom. The van der Waals surface area contributed by atoms with Gasteiger partial charge in [-0.15, -0.1) is 0 Å². The van der Waals surface area contributed by atoms with Crippen molar-refractivity contribution in [2.24, 2.45) is 4.99 Å². The summed E-state index contributed by atoms with van der Waals surface area (Å²) in [5.74, 6) is -3.60. The first kappa shape index (κ1) is 22.8. The summed E-state index contributed by atoms with van der Waals surface area (Å²) >= 11 is -0.839. The maximum Gasteiger partial charge on any atom is 0.443 e. The van der Waals surface area contributed by atoms with Crippen LogP contribution in [0.5, 0.6) is 0 Å². The van der Waals surface area contributed by atoms with E-state index in [0.717, 1.165) is 24.3 Å². The predicted molar refractivity (Wildman–Crippen MR) is 80.8 cm³/mol. The molecule has 0 unspecified atom stereocenters. The lowest BCUT2D eigenvalue weighted by molar-refractivity contribution is -0.384. The highest BCUT2D eigenvalue weighted by atomic mass is 32.2. The van der Waals surface area contributed by atoms with Gasteiger partial charge in [-0.25, -0.2) is 9.38 Å². The van der Waals surface area contributed by atoms with E-state index in [1.807, 2.05) is 5.32 Å². The van der Waals surface area contributed by atoms with E-state index in [9.17, 15) is 54.0 Å². The monoisotopic (exact) mass is 457 g/mol. The SMILES string of the molecule is O=[N+]([O-])c1ccc(NC2=NC(C(F)(F)F)(C(F)(F)F)/C(=C(\F)C(F)(F)F)S2)cc1. The van der Waals surface area contributed by atoms with E-state index in [1.54, 1.807) is 0 Å². The third-order valence-corrected chi connectivity index (χ3v) is 4.46. The first-order chi connectivity index (χ1) is 13.0. The number of benzene rings is 1. The molecule has 16 heteroatoms. The van der Waals surface area contributed by atoms with Crippen molar-refractivity contribution >= 4 is 28.3 Å². The molecule has 1 aromatic carbocycles. The van der Waals surface area contributed by atoms with Gasteiger partial charge in [-0.3, -0.25) is 10.1 Å². The van der Waals surface area contributed by atoms with Crippen molar-refractivity contribution in [2.45, 2.75) is 24.1 Å². The number of halogens is 10. The minimum absolute atomic E-state index is 0.339. The molecule has 0 aromatic heterocycles. The van der Waals surface area contributed by atoms with Crippen molar-refractivity contribution in [3.8, 4) is 0 Å². The van der Waals surface area contributed by atoms with E-state index in [-0.39, 0.29) is 5.69 Å². The normalized spacial score (nSPS) is 19.0. The van der Waals surface area contributed by atoms with Gasteiger partial charge in [-0.05, 0) is 12.1 Å². The van der Waals surface area contributed by atoms with Crippen LogP contribution in [-0.4, -0.2) is 34.2 Å². The molecule has 160 valence electrons. The van der Waals surface area contributed by atoms with Gasteiger partial charge in [0, 0.05) is 17.8 Å². The molecule has 1 aromatic rings. The van der Waals surface area contributed by atoms with Gasteiger partial charge in [0.15, 0.2) is 5.17 Å². The van der Waals surface area contributed by atoms with E-state index >= 15 is 0 Å². The number of nitrogens with zero attached hydrogens (tertiary/aromatic N) is 2. The molecule has 1 aliphatic rings. The number of thioether (sulfide) groups is 1. The number of anilines is 1. The minimum atomic E-state index is -6.46. The van der Waals surface area contributed by atoms with Crippen LogP contribution < -0.4 is 5.32 Å². The lowest BCUT2D eigenvalue weighted by atomic mass is 9.97. The summed E-state index contributed by atoms with van der Waals surface area (Å²) < 4.78 is 131. The summed E-state index contributed by atoms with van der Waals surface area (Å²) in [4.78, 5) is 9.25. The van der Waals surface area contributed by atoms with Crippen molar-refractivity contribution in [3.05, 3.63) is 45.1 Å². The van der Waals surface area contributed by atoms with Crippen LogP contribution in [0.25, 0.3) is 0 Å². The Balaban J connectivity index is 2.60. The maximum absolute atomic E-state index is 13.6. The van der Waals surface area contributed by atoms with Crippen LogP contribution in [0.3, 0.4) is 0 Å². The highest BCUT2D eigenvalue weighted by Gasteiger charge is 2.77. The van der Waals surface area contributed by atoms with Gasteiger partial charge in [-0.1, -0.05) is 11.8 Å². The second-order valence-corrected chi connectivity index (χ2v) is 6.29. The fourth-order valence-electron chi connectivity index (χ4n) is 2.12. The molecule has 1 aliphatic heterocycles. The number of amidine groups is 1. The molecule has 5 nitrogen and oxygen atoms in total. The summed E-state index contributed by atoms with van der Waals surface area (Å²) in [6.07, 6.45) is -19.1. The van der Waals surface area contributed by atoms with Crippen molar-refractivity contribution in [2.75, 3.05) is 5.32 Å². The van der Waals surface area contributed by atoms with E-state index in [1.165, 1.54) is 0 Å². The Hall–Kier alpha value is -2.52. The van der Waals surface area contributed by atoms with Crippen molar-refractivity contribution < 1.29 is 48.8 Å². The van der Waals surface area contributed by atoms with Gasteiger partial charge in [0.25, 0.3) is 11.2 Å². The lowest BCUT2D eigenvalue weighted by Crippen LogP contribution is -2.55. The number of non-ortho nitro benzene ring substituents is 1. The predicted octanol–water partition coefficient (Wildman–Crippen LogP) is 5.72. The molecule has 0 saturated carbocycles. The van der Waals surface area contributed by atoms with Crippen LogP contribution in [0.15, 0.2) is 40.0 Å². The van der Waals surface area contributed by atoms with Gasteiger partial charge in [0.2, 0.25) is 5.83 Å². The Morgan fingerprint density at radius 1 is 1.00 bits per heavy atom. The van der Waals surface area contributed by atoms with E-state index in [0.29, 0.717) is 0 Å². The standard InChI is InChI=1S/C13H5F10N3O2S/c14-7(11(15,16)17)8-10(12(18,19)20,13(21,22)23)25-9(29-8)24-5-1-3-6(4-2-5)26(27)28/h1-4H,(H,24,25)/b8-7+. The molecule has 2 rings (SSSR count). The number of rotatable bonds is 2. The van der Waals surface area contributed by atoms with Crippen LogP contribution in [-0.2, 0) is 0 Å². The molecule has 0 saturated heterocycles. The molecule has 0 atom stereocenters. The number of aliphatic imine (C=N–C) groups is 1. The molecule has 0 radical (unpaired) electrons. The Labute approximate surface area is 157 Å². The second kappa shape index (κ2) is 7.07. The molecule has 0 fully saturated rings. The van der Waals surface area contributed by atoms with Gasteiger partial charge >= 0.3 is 18.5 Å². The molecule has 0 spiro atoms. The summed E-state index contributed by atoms with van der Waals surface area (Å²) in [7, 11) is 0. The number of allylic oxidation sites excluding steroid dienone is 1. The third kappa shape index (κ3) is 4.11. The molecule has 1 N–H and O–H groups in total. The average molecular weight is 457 g/mol. The number of hydrogen-bond donors (Lipinski definition) is 1. The number of nitrogens with one attached hydrogen (secondary N) is 1. The highest BCUT2D eigenvalue weighted by Crippen LogP contribution is 2.59. The van der Waals surface area contributed by atoms with Gasteiger partial charge in [0.1, 0.15) is 0 Å². The summed E-state index contributed by atoms with van der Waals surface area (Å²) in [6, 6.07) is 3.34. The third-order valence-electron chi connectivity index (χ3n) is 3.39. The van der Waals surface area contributed by atoms with Crippen molar-refractivity contribution in [1.29, 1.82) is 0 Å². The molecule has 0 bridgehead atoms. The van der Waals surface area contributed by atoms with Crippen molar-refractivity contribution in [1.82, 2.24) is 0 Å². The summed E-state index contributed by atoms with van der Waals surface area (Å²) in [6.45, 7) is 0. The minimum Gasteiger partial charge on any atom is -0.335 e. The van der Waals surface area contributed by atoms with Crippen LogP contribution in [0.1, 0.15) is 0 Å². The van der Waals surface area contributed by atoms with E-state index in [4.69, 9.17) is 0 Å². The average Bonchev–Trinajstić information content (AvgIpc) is 2.94. The zero-order valence-electron chi connectivity index (χ0n) is 13.2. The van der Waals surface area contributed by atoms with Crippen LogP contribution in [0, 0.1) is 10.1 Å².